The highest BCUT2D eigenvalue weighted by Gasteiger charge is 2.28. The lowest BCUT2D eigenvalue weighted by molar-refractivity contribution is -0.114. The molecule has 7 heteroatoms. The zero-order valence-electron chi connectivity index (χ0n) is 14.3. The Hall–Kier alpha value is -2.28. The van der Waals surface area contributed by atoms with E-state index in [9.17, 15) is 9.59 Å². The van der Waals surface area contributed by atoms with Crippen molar-refractivity contribution in [3.63, 3.8) is 0 Å². The molecule has 0 bridgehead atoms. The first kappa shape index (κ1) is 18.1. The summed E-state index contributed by atoms with van der Waals surface area (Å²) in [4.78, 5) is 24.0. The lowest BCUT2D eigenvalue weighted by Crippen LogP contribution is -2.39. The second kappa shape index (κ2) is 8.01. The van der Waals surface area contributed by atoms with Crippen molar-refractivity contribution in [2.75, 3.05) is 26.1 Å². The molecule has 2 atom stereocenters. The molecule has 7 nitrogen and oxygen atoms in total. The van der Waals surface area contributed by atoms with E-state index < -0.39 is 0 Å². The Morgan fingerprint density at radius 2 is 2.00 bits per heavy atom. The maximum absolute atomic E-state index is 12.6. The molecule has 0 saturated heterocycles. The summed E-state index contributed by atoms with van der Waals surface area (Å²) in [5.41, 5.74) is 6.57. The summed E-state index contributed by atoms with van der Waals surface area (Å²) in [7, 11) is 2.96. The van der Waals surface area contributed by atoms with Crippen LogP contribution in [0.2, 0.25) is 0 Å². The topological polar surface area (TPSA) is 103 Å². The molecule has 0 aromatic heterocycles. The van der Waals surface area contributed by atoms with Crippen LogP contribution in [0.5, 0.6) is 11.5 Å². The Kier molecular flexibility index (Phi) is 6.03. The first-order chi connectivity index (χ1) is 11.5. The van der Waals surface area contributed by atoms with Gasteiger partial charge in [-0.3, -0.25) is 9.59 Å². The number of carbonyl (C=O) groups is 2. The van der Waals surface area contributed by atoms with Crippen LogP contribution in [0.4, 0.5) is 5.69 Å². The molecule has 1 saturated carbocycles. The van der Waals surface area contributed by atoms with Gasteiger partial charge in [0.05, 0.1) is 19.9 Å². The number of ether oxygens (including phenoxy) is 2. The smallest absolute Gasteiger partial charge is 0.251 e. The largest absolute Gasteiger partial charge is 0.493 e. The van der Waals surface area contributed by atoms with Gasteiger partial charge in [-0.2, -0.15) is 0 Å². The zero-order chi connectivity index (χ0) is 17.7. The fourth-order valence-corrected chi connectivity index (χ4v) is 3.14. The van der Waals surface area contributed by atoms with Gasteiger partial charge >= 0.3 is 0 Å². The van der Waals surface area contributed by atoms with Crippen LogP contribution in [-0.4, -0.2) is 38.6 Å². The van der Waals surface area contributed by atoms with Gasteiger partial charge in [-0.25, -0.2) is 0 Å². The van der Waals surface area contributed by atoms with Crippen molar-refractivity contribution >= 4 is 17.5 Å². The van der Waals surface area contributed by atoms with Crippen molar-refractivity contribution < 1.29 is 19.1 Å². The predicted molar refractivity (Wildman–Crippen MR) is 91.5 cm³/mol. The van der Waals surface area contributed by atoms with E-state index in [-0.39, 0.29) is 17.9 Å². The summed E-state index contributed by atoms with van der Waals surface area (Å²) in [6, 6.07) is 3.27. The van der Waals surface area contributed by atoms with Crippen molar-refractivity contribution in [1.82, 2.24) is 5.32 Å². The number of rotatable bonds is 6. The van der Waals surface area contributed by atoms with Crippen molar-refractivity contribution in [2.24, 2.45) is 11.7 Å². The van der Waals surface area contributed by atoms with Gasteiger partial charge in [-0.1, -0.05) is 6.42 Å². The highest BCUT2D eigenvalue weighted by Crippen LogP contribution is 2.37. The predicted octanol–water partition coefficient (Wildman–Crippen LogP) is 1.52. The zero-order valence-corrected chi connectivity index (χ0v) is 14.3. The Morgan fingerprint density at radius 1 is 1.25 bits per heavy atom. The highest BCUT2D eigenvalue weighted by molar-refractivity contribution is 5.99. The maximum atomic E-state index is 12.6. The molecule has 1 aliphatic rings. The van der Waals surface area contributed by atoms with Crippen LogP contribution in [0.15, 0.2) is 12.1 Å². The third kappa shape index (κ3) is 3.97. The van der Waals surface area contributed by atoms with Gasteiger partial charge in [-0.05, 0) is 37.4 Å². The van der Waals surface area contributed by atoms with Gasteiger partial charge in [0.25, 0.3) is 5.91 Å². The van der Waals surface area contributed by atoms with Crippen LogP contribution in [0, 0.1) is 5.92 Å². The minimum atomic E-state index is -0.258. The third-order valence-electron chi connectivity index (χ3n) is 4.33. The van der Waals surface area contributed by atoms with Crippen LogP contribution in [0.3, 0.4) is 0 Å². The summed E-state index contributed by atoms with van der Waals surface area (Å²) in [6.45, 7) is 1.96. The fourth-order valence-electron chi connectivity index (χ4n) is 3.14. The summed E-state index contributed by atoms with van der Waals surface area (Å²) in [5.74, 6) is 0.601. The number of carbonyl (C=O) groups excluding carboxylic acids is 2. The molecule has 1 aromatic carbocycles. The fraction of sp³-hybridized carbons (Fsp3) is 0.529. The second-order valence-electron chi connectivity index (χ2n) is 5.95. The Morgan fingerprint density at radius 3 is 2.58 bits per heavy atom. The van der Waals surface area contributed by atoms with E-state index in [1.54, 1.807) is 12.1 Å². The summed E-state index contributed by atoms with van der Waals surface area (Å²) < 4.78 is 10.6. The summed E-state index contributed by atoms with van der Waals surface area (Å²) >= 11 is 0. The highest BCUT2D eigenvalue weighted by atomic mass is 16.5. The maximum Gasteiger partial charge on any atom is 0.251 e. The summed E-state index contributed by atoms with van der Waals surface area (Å²) in [6.07, 6.45) is 3.03. The first-order valence-electron chi connectivity index (χ1n) is 8.04. The van der Waals surface area contributed by atoms with Crippen LogP contribution < -0.4 is 25.8 Å². The second-order valence-corrected chi connectivity index (χ2v) is 5.95. The van der Waals surface area contributed by atoms with E-state index in [2.05, 4.69) is 10.6 Å². The number of anilines is 1. The van der Waals surface area contributed by atoms with E-state index in [0.29, 0.717) is 35.2 Å². The van der Waals surface area contributed by atoms with Gasteiger partial charge in [0.1, 0.15) is 0 Å². The molecule has 0 aliphatic heterocycles. The van der Waals surface area contributed by atoms with Gasteiger partial charge in [0, 0.05) is 18.5 Å². The van der Waals surface area contributed by atoms with Crippen molar-refractivity contribution in [2.45, 2.75) is 32.2 Å². The monoisotopic (exact) mass is 335 g/mol. The number of methoxy groups -OCH3 is 2. The minimum Gasteiger partial charge on any atom is -0.493 e. The molecular formula is C17H25N3O4. The average Bonchev–Trinajstić information content (AvgIpc) is 3.00. The number of nitrogens with one attached hydrogen (secondary N) is 2. The molecule has 0 radical (unpaired) electrons. The van der Waals surface area contributed by atoms with Gasteiger partial charge < -0.3 is 25.8 Å². The molecule has 1 fully saturated rings. The molecule has 1 aliphatic carbocycles. The van der Waals surface area contributed by atoms with Gasteiger partial charge in [0.15, 0.2) is 11.5 Å². The number of hydrogen-bond donors (Lipinski definition) is 3. The SMILES string of the molecule is COc1cc(C(=O)NC2CCCC2CN)cc(NC(C)=O)c1OC. The van der Waals surface area contributed by atoms with Gasteiger partial charge in [-0.15, -0.1) is 0 Å². The van der Waals surface area contributed by atoms with Crippen molar-refractivity contribution in [3.05, 3.63) is 17.7 Å². The number of benzene rings is 1. The molecule has 2 unspecified atom stereocenters. The van der Waals surface area contributed by atoms with E-state index in [1.807, 2.05) is 0 Å². The lowest BCUT2D eigenvalue weighted by Gasteiger charge is -2.20. The Balaban J connectivity index is 2.28. The van der Waals surface area contributed by atoms with Gasteiger partial charge in [0.2, 0.25) is 5.91 Å². The quantitative estimate of drug-likeness (QED) is 0.731. The van der Waals surface area contributed by atoms with Crippen LogP contribution in [0.1, 0.15) is 36.5 Å². The van der Waals surface area contributed by atoms with Crippen LogP contribution in [-0.2, 0) is 4.79 Å². The molecule has 24 heavy (non-hydrogen) atoms. The first-order valence-corrected chi connectivity index (χ1v) is 8.04. The lowest BCUT2D eigenvalue weighted by atomic mass is 10.0. The molecule has 132 valence electrons. The molecule has 2 rings (SSSR count). The Labute approximate surface area is 141 Å². The van der Waals surface area contributed by atoms with E-state index in [1.165, 1.54) is 21.1 Å². The number of amides is 2. The van der Waals surface area contributed by atoms with Crippen LogP contribution >= 0.6 is 0 Å². The van der Waals surface area contributed by atoms with Crippen LogP contribution in [0.25, 0.3) is 0 Å². The minimum absolute atomic E-state index is 0.0832. The standard InChI is InChI=1S/C17H25N3O4/c1-10(21)19-14-7-12(8-15(23-2)16(14)24-3)17(22)20-13-6-4-5-11(13)9-18/h7-8,11,13H,4-6,9,18H2,1-3H3,(H,19,21)(H,20,22). The molecular weight excluding hydrogens is 310 g/mol. The average molecular weight is 335 g/mol. The molecule has 0 heterocycles. The number of nitrogens with two attached hydrogens (primary N) is 1. The molecule has 0 spiro atoms. The normalized spacial score (nSPS) is 19.7. The summed E-state index contributed by atoms with van der Waals surface area (Å²) in [5, 5.41) is 5.70. The Bertz CT molecular complexity index is 618. The number of hydrogen-bond acceptors (Lipinski definition) is 5. The van der Waals surface area contributed by atoms with Crippen molar-refractivity contribution in [1.29, 1.82) is 0 Å². The molecule has 4 N–H and O–H groups in total. The molecule has 2 amide bonds. The van der Waals surface area contributed by atoms with E-state index in [4.69, 9.17) is 15.2 Å². The third-order valence-corrected chi connectivity index (χ3v) is 4.33. The van der Waals surface area contributed by atoms with E-state index >= 15 is 0 Å². The van der Waals surface area contributed by atoms with Crippen molar-refractivity contribution in [3.8, 4) is 11.5 Å². The molecule has 1 aromatic rings. The van der Waals surface area contributed by atoms with E-state index in [0.717, 1.165) is 19.3 Å².